The van der Waals surface area contributed by atoms with Gasteiger partial charge in [-0.05, 0) is 0 Å². The van der Waals surface area contributed by atoms with Gasteiger partial charge in [0.2, 0.25) is 0 Å². The molecule has 0 spiro atoms. The molecule has 0 radical (unpaired) electrons. The molecule has 0 aliphatic heterocycles. The molecule has 0 aromatic heterocycles. The molecular weight excluding hydrogens is 328 g/mol. The van der Waals surface area contributed by atoms with Gasteiger partial charge in [0.15, 0.2) is 0 Å². The standard InChI is InChI=1S/4CHNS.Mo/c4*2-1-3;/h4*3H;/q;;;;+4/p-4. The van der Waals surface area contributed by atoms with Crippen molar-refractivity contribution in [1.82, 2.24) is 0 Å². The van der Waals surface area contributed by atoms with Crippen molar-refractivity contribution in [3.8, 4) is 21.6 Å². The fraction of sp³-hybridized carbons (Fsp3) is 0. The number of hydrogen-bond donors (Lipinski definition) is 0. The molecule has 0 atom stereocenters. The maximum absolute atomic E-state index is 7.13. The van der Waals surface area contributed by atoms with Crippen LogP contribution in [0, 0.1) is 42.7 Å². The second-order valence-electron chi connectivity index (χ2n) is 0.365. The van der Waals surface area contributed by atoms with Crippen molar-refractivity contribution in [2.24, 2.45) is 0 Å². The van der Waals surface area contributed by atoms with Crippen LogP contribution in [0.1, 0.15) is 0 Å². The van der Waals surface area contributed by atoms with Crippen LogP contribution in [0.2, 0.25) is 0 Å². The van der Waals surface area contributed by atoms with E-state index in [1.54, 1.807) is 0 Å². The van der Waals surface area contributed by atoms with Gasteiger partial charge in [0, 0.05) is 0 Å². The molecule has 0 aliphatic carbocycles. The van der Waals surface area contributed by atoms with Gasteiger partial charge in [-0.1, -0.05) is 21.6 Å². The average Bonchev–Trinajstić information content (AvgIpc) is 1.92. The van der Waals surface area contributed by atoms with E-state index < -0.39 is 0 Å². The van der Waals surface area contributed by atoms with E-state index >= 15 is 0 Å². The van der Waals surface area contributed by atoms with E-state index in [4.69, 9.17) is 21.0 Å². The Kier molecular flexibility index (Phi) is 232. The first-order valence-electron chi connectivity index (χ1n) is 1.71. The van der Waals surface area contributed by atoms with Crippen molar-refractivity contribution in [2.75, 3.05) is 0 Å². The minimum Gasteiger partial charge on any atom is -0.696 e. The molecule has 0 N–H and O–H groups in total. The smallest absolute Gasteiger partial charge is 0.696 e. The normalized spacial score (nSPS) is 2.15. The average molecular weight is 328 g/mol. The van der Waals surface area contributed by atoms with Crippen molar-refractivity contribution in [2.45, 2.75) is 0 Å². The minimum atomic E-state index is 0. The summed E-state index contributed by atoms with van der Waals surface area (Å²) in [5, 5.41) is 33.9. The van der Waals surface area contributed by atoms with Gasteiger partial charge in [-0.15, -0.1) is 0 Å². The summed E-state index contributed by atoms with van der Waals surface area (Å²) >= 11 is 14.8. The van der Waals surface area contributed by atoms with Gasteiger partial charge in [0.25, 0.3) is 0 Å². The number of hydrogen-bond acceptors (Lipinski definition) is 8. The molecule has 0 aromatic carbocycles. The zero-order valence-corrected chi connectivity index (χ0v) is 11.1. The third-order valence-corrected chi connectivity index (χ3v) is 0. The molecule has 66 valence electrons. The summed E-state index contributed by atoms with van der Waals surface area (Å²) in [5.41, 5.74) is 0. The zero-order chi connectivity index (χ0) is 10.8. The van der Waals surface area contributed by atoms with E-state index in [0.29, 0.717) is 0 Å². The molecule has 0 bridgehead atoms. The van der Waals surface area contributed by atoms with Crippen LogP contribution in [0.3, 0.4) is 0 Å². The Morgan fingerprint density at radius 1 is 0.538 bits per heavy atom. The Morgan fingerprint density at radius 2 is 0.538 bits per heavy atom. The van der Waals surface area contributed by atoms with Crippen molar-refractivity contribution >= 4 is 50.5 Å². The largest absolute Gasteiger partial charge is 4.00 e. The Bertz CT molecular complexity index is 158. The molecule has 9 heteroatoms. The summed E-state index contributed by atoms with van der Waals surface area (Å²) in [6.07, 6.45) is 0. The van der Waals surface area contributed by atoms with Gasteiger partial charge in [-0.2, -0.15) is 0 Å². The van der Waals surface area contributed by atoms with Crippen LogP contribution >= 0.6 is 0 Å². The Hall–Kier alpha value is -0.472. The monoisotopic (exact) mass is 330 g/mol. The third-order valence-electron chi connectivity index (χ3n) is 0. The zero-order valence-electron chi connectivity index (χ0n) is 5.83. The number of thiocyanates is 4. The van der Waals surface area contributed by atoms with Crippen LogP contribution in [0.4, 0.5) is 0 Å². The fourth-order valence-corrected chi connectivity index (χ4v) is 0. The molecular formula is C4MoN4S4. The summed E-state index contributed by atoms with van der Waals surface area (Å²) in [4.78, 5) is 0. The Labute approximate surface area is 113 Å². The van der Waals surface area contributed by atoms with Gasteiger partial charge in [0.1, 0.15) is 0 Å². The summed E-state index contributed by atoms with van der Waals surface area (Å²) in [7, 11) is 0. The predicted molar refractivity (Wildman–Crippen MR) is 51.9 cm³/mol. The van der Waals surface area contributed by atoms with Gasteiger partial charge in [-0.25, -0.2) is 21.0 Å². The molecule has 0 unspecified atom stereocenters. The summed E-state index contributed by atoms with van der Waals surface area (Å²) in [5.74, 6) is 0. The van der Waals surface area contributed by atoms with Crippen LogP contribution in [-0.4, -0.2) is 0 Å². The van der Waals surface area contributed by atoms with Gasteiger partial charge >= 0.3 is 21.1 Å². The van der Waals surface area contributed by atoms with Crippen molar-refractivity contribution in [3.63, 3.8) is 0 Å². The first-order chi connectivity index (χ1) is 5.66. The van der Waals surface area contributed by atoms with Crippen LogP contribution in [0.5, 0.6) is 0 Å². The maximum Gasteiger partial charge on any atom is 4.00 e. The summed E-state index contributed by atoms with van der Waals surface area (Å²) < 4.78 is 0. The van der Waals surface area contributed by atoms with E-state index in [1.807, 2.05) is 0 Å². The third kappa shape index (κ3) is 4700. The van der Waals surface area contributed by atoms with Gasteiger partial charge in [-0.3, -0.25) is 0 Å². The van der Waals surface area contributed by atoms with Crippen molar-refractivity contribution in [1.29, 1.82) is 21.0 Å². The molecule has 0 aromatic rings. The molecule has 0 fully saturated rings. The van der Waals surface area contributed by atoms with Crippen LogP contribution in [-0.2, 0) is 71.6 Å². The number of nitriles is 4. The van der Waals surface area contributed by atoms with E-state index in [-0.39, 0.29) is 21.1 Å². The summed E-state index contributed by atoms with van der Waals surface area (Å²) in [6.45, 7) is 0. The molecule has 13 heavy (non-hydrogen) atoms. The van der Waals surface area contributed by atoms with E-state index in [9.17, 15) is 0 Å². The van der Waals surface area contributed by atoms with Crippen LogP contribution in [0.25, 0.3) is 0 Å². The maximum atomic E-state index is 7.13. The predicted octanol–water partition coefficient (Wildman–Crippen LogP) is 0.0550. The molecule has 0 saturated heterocycles. The quantitative estimate of drug-likeness (QED) is 0.350. The number of nitrogens with zero attached hydrogens (tertiary/aromatic N) is 4. The molecule has 0 rings (SSSR count). The SMILES string of the molecule is N#C[S-].N#C[S-].N#C[S-].N#C[S-].[Mo+4]. The molecule has 0 saturated carbocycles. The fourth-order valence-electron chi connectivity index (χ4n) is 0. The Balaban J connectivity index is -0.0000000213. The first-order valence-corrected chi connectivity index (χ1v) is 3.34. The van der Waals surface area contributed by atoms with E-state index in [1.165, 1.54) is 21.6 Å². The molecule has 4 nitrogen and oxygen atoms in total. The van der Waals surface area contributed by atoms with E-state index in [0.717, 1.165) is 0 Å². The Morgan fingerprint density at radius 3 is 0.538 bits per heavy atom. The molecule has 0 amide bonds. The van der Waals surface area contributed by atoms with Gasteiger partial charge in [0.05, 0.1) is 0 Å². The van der Waals surface area contributed by atoms with Crippen molar-refractivity contribution in [3.05, 3.63) is 0 Å². The first kappa shape index (κ1) is 29.4. The van der Waals surface area contributed by atoms with Gasteiger partial charge < -0.3 is 50.5 Å². The molecule has 0 heterocycles. The van der Waals surface area contributed by atoms with E-state index in [2.05, 4.69) is 50.5 Å². The summed E-state index contributed by atoms with van der Waals surface area (Å²) in [6, 6.07) is 0. The topological polar surface area (TPSA) is 95.2 Å². The second kappa shape index (κ2) is 103. The minimum absolute atomic E-state index is 0. The number of rotatable bonds is 0. The molecule has 0 aliphatic rings. The van der Waals surface area contributed by atoms with Crippen LogP contribution in [0.15, 0.2) is 0 Å². The second-order valence-corrected chi connectivity index (χ2v) is 1.10. The van der Waals surface area contributed by atoms with Crippen LogP contribution < -0.4 is 0 Å². The van der Waals surface area contributed by atoms with Crippen molar-refractivity contribution < 1.29 is 21.1 Å².